The first-order chi connectivity index (χ1) is 6.74. The number of benzene rings is 1. The number of hydrogen-bond acceptors (Lipinski definition) is 1. The quantitative estimate of drug-likeness (QED) is 0.831. The zero-order chi connectivity index (χ0) is 10.1. The van der Waals surface area contributed by atoms with Gasteiger partial charge in [0.2, 0.25) is 0 Å². The van der Waals surface area contributed by atoms with E-state index in [9.17, 15) is 4.79 Å². The fourth-order valence-electron chi connectivity index (χ4n) is 1.52. The van der Waals surface area contributed by atoms with Gasteiger partial charge in [0.15, 0.2) is 5.43 Å². The van der Waals surface area contributed by atoms with Crippen LogP contribution >= 0.6 is 15.9 Å². The third-order valence-electron chi connectivity index (χ3n) is 2.32. The number of aromatic amines is 1. The minimum atomic E-state index is 0.127. The lowest BCUT2D eigenvalue weighted by atomic mass is 10.1. The van der Waals surface area contributed by atoms with Gasteiger partial charge in [-0.15, -0.1) is 0 Å². The summed E-state index contributed by atoms with van der Waals surface area (Å²) in [6, 6.07) is 5.64. The van der Waals surface area contributed by atoms with Crippen molar-refractivity contribution in [3.63, 3.8) is 0 Å². The Hall–Kier alpha value is -1.09. The molecule has 0 unspecified atom stereocenters. The molecule has 0 saturated carbocycles. The normalized spacial score (nSPS) is 10.7. The van der Waals surface area contributed by atoms with Crippen LogP contribution in [0.1, 0.15) is 12.5 Å². The predicted molar refractivity (Wildman–Crippen MR) is 61.6 cm³/mol. The molecule has 3 heteroatoms. The van der Waals surface area contributed by atoms with Crippen molar-refractivity contribution in [1.82, 2.24) is 4.98 Å². The largest absolute Gasteiger partial charge is 0.360 e. The van der Waals surface area contributed by atoms with Gasteiger partial charge in [0, 0.05) is 21.6 Å². The summed E-state index contributed by atoms with van der Waals surface area (Å²) in [6.07, 6.45) is 2.55. The second-order valence-corrected chi connectivity index (χ2v) is 4.01. The van der Waals surface area contributed by atoms with Gasteiger partial charge in [-0.1, -0.05) is 13.0 Å². The molecule has 0 radical (unpaired) electrons. The van der Waals surface area contributed by atoms with Crippen molar-refractivity contribution in [2.75, 3.05) is 0 Å². The molecule has 0 aliphatic heterocycles. The van der Waals surface area contributed by atoms with Crippen molar-refractivity contribution >= 4 is 26.8 Å². The van der Waals surface area contributed by atoms with Crippen molar-refractivity contribution < 1.29 is 0 Å². The highest BCUT2D eigenvalue weighted by atomic mass is 79.9. The van der Waals surface area contributed by atoms with Crippen LogP contribution in [0.3, 0.4) is 0 Å². The Morgan fingerprint density at radius 2 is 2.21 bits per heavy atom. The molecule has 0 bridgehead atoms. The Bertz CT molecular complexity index is 530. The number of H-pyrrole nitrogens is 1. The summed E-state index contributed by atoms with van der Waals surface area (Å²) < 4.78 is 0.926. The van der Waals surface area contributed by atoms with Crippen molar-refractivity contribution in [1.29, 1.82) is 0 Å². The molecular formula is C11H10BrNO. The Morgan fingerprint density at radius 3 is 2.93 bits per heavy atom. The molecule has 1 N–H and O–H groups in total. The number of rotatable bonds is 1. The molecule has 1 heterocycles. The van der Waals surface area contributed by atoms with E-state index in [2.05, 4.69) is 20.9 Å². The van der Waals surface area contributed by atoms with E-state index < -0.39 is 0 Å². The molecule has 2 nitrogen and oxygen atoms in total. The van der Waals surface area contributed by atoms with Crippen LogP contribution < -0.4 is 5.43 Å². The molecule has 0 spiro atoms. The topological polar surface area (TPSA) is 32.9 Å². The van der Waals surface area contributed by atoms with E-state index in [1.165, 1.54) is 0 Å². The van der Waals surface area contributed by atoms with Crippen LogP contribution in [0.5, 0.6) is 0 Å². The number of aromatic nitrogens is 1. The Morgan fingerprint density at radius 1 is 1.43 bits per heavy atom. The third-order valence-corrected chi connectivity index (χ3v) is 2.98. The lowest BCUT2D eigenvalue weighted by Gasteiger charge is -2.02. The molecular weight excluding hydrogens is 242 g/mol. The molecule has 0 aliphatic rings. The highest BCUT2D eigenvalue weighted by molar-refractivity contribution is 9.10. The van der Waals surface area contributed by atoms with Gasteiger partial charge in [-0.25, -0.2) is 0 Å². The van der Waals surface area contributed by atoms with Gasteiger partial charge in [0.25, 0.3) is 0 Å². The van der Waals surface area contributed by atoms with Crippen LogP contribution in [0.2, 0.25) is 0 Å². The van der Waals surface area contributed by atoms with Crippen LogP contribution in [0.4, 0.5) is 0 Å². The third kappa shape index (κ3) is 1.38. The fraction of sp³-hybridized carbons (Fsp3) is 0.182. The molecule has 2 rings (SSSR count). The van der Waals surface area contributed by atoms with Crippen molar-refractivity contribution in [2.45, 2.75) is 13.3 Å². The molecule has 0 aliphatic carbocycles. The van der Waals surface area contributed by atoms with Gasteiger partial charge in [0.05, 0.1) is 5.52 Å². The van der Waals surface area contributed by atoms with Crippen molar-refractivity contribution in [2.24, 2.45) is 0 Å². The second kappa shape index (κ2) is 3.58. The number of fused-ring (bicyclic) bond motifs is 1. The number of pyridine rings is 1. The Balaban J connectivity index is 2.91. The summed E-state index contributed by atoms with van der Waals surface area (Å²) >= 11 is 3.41. The average Bonchev–Trinajstić information content (AvgIpc) is 2.20. The number of nitrogens with one attached hydrogen (secondary N) is 1. The monoisotopic (exact) mass is 251 g/mol. The Labute approximate surface area is 90.1 Å². The minimum absolute atomic E-state index is 0.127. The van der Waals surface area contributed by atoms with E-state index in [-0.39, 0.29) is 5.43 Å². The van der Waals surface area contributed by atoms with E-state index in [0.29, 0.717) is 0 Å². The molecule has 0 fully saturated rings. The summed E-state index contributed by atoms with van der Waals surface area (Å²) in [5, 5.41) is 0.749. The summed E-state index contributed by atoms with van der Waals surface area (Å²) in [5.41, 5.74) is 1.83. The summed E-state index contributed by atoms with van der Waals surface area (Å²) in [6.45, 7) is 1.98. The lowest BCUT2D eigenvalue weighted by Crippen LogP contribution is -2.08. The van der Waals surface area contributed by atoms with Gasteiger partial charge >= 0.3 is 0 Å². The second-order valence-electron chi connectivity index (χ2n) is 3.16. The zero-order valence-corrected chi connectivity index (χ0v) is 9.39. The molecule has 2 aromatic rings. The number of aryl methyl sites for hydroxylation is 1. The Kier molecular flexibility index (Phi) is 2.42. The minimum Gasteiger partial charge on any atom is -0.360 e. The van der Waals surface area contributed by atoms with E-state index >= 15 is 0 Å². The molecule has 72 valence electrons. The van der Waals surface area contributed by atoms with Crippen molar-refractivity contribution in [3.8, 4) is 0 Å². The molecule has 0 amide bonds. The summed E-state index contributed by atoms with van der Waals surface area (Å²) in [5.74, 6) is 0. The van der Waals surface area contributed by atoms with E-state index in [1.54, 1.807) is 6.20 Å². The number of hydrogen-bond donors (Lipinski definition) is 1. The summed E-state index contributed by atoms with van der Waals surface area (Å²) in [7, 11) is 0. The van der Waals surface area contributed by atoms with Gasteiger partial charge in [0.1, 0.15) is 0 Å². The zero-order valence-electron chi connectivity index (χ0n) is 7.80. The molecule has 1 aromatic carbocycles. The van der Waals surface area contributed by atoms with E-state index in [4.69, 9.17) is 0 Å². The standard InChI is InChI=1S/C11H10BrNO/c1-2-7-6-13-10-8(11(7)14)4-3-5-9(10)12/h3-6H,2H2,1H3,(H,13,14). The number of halogens is 1. The maximum atomic E-state index is 11.9. The van der Waals surface area contributed by atoms with Crippen LogP contribution in [0, 0.1) is 0 Å². The summed E-state index contributed by atoms with van der Waals surface area (Å²) in [4.78, 5) is 15.0. The van der Waals surface area contributed by atoms with Gasteiger partial charge in [-0.3, -0.25) is 4.79 Å². The highest BCUT2D eigenvalue weighted by Gasteiger charge is 2.04. The smallest absolute Gasteiger partial charge is 0.192 e. The first-order valence-corrected chi connectivity index (χ1v) is 5.32. The fourth-order valence-corrected chi connectivity index (χ4v) is 2.00. The number of para-hydroxylation sites is 1. The molecule has 0 saturated heterocycles. The van der Waals surface area contributed by atoms with Crippen LogP contribution in [-0.2, 0) is 6.42 Å². The van der Waals surface area contributed by atoms with Gasteiger partial charge in [-0.2, -0.15) is 0 Å². The van der Waals surface area contributed by atoms with Crippen LogP contribution in [0.15, 0.2) is 33.7 Å². The van der Waals surface area contributed by atoms with E-state index in [0.717, 1.165) is 27.4 Å². The average molecular weight is 252 g/mol. The highest BCUT2D eigenvalue weighted by Crippen LogP contribution is 2.19. The van der Waals surface area contributed by atoms with E-state index in [1.807, 2.05) is 25.1 Å². The lowest BCUT2D eigenvalue weighted by molar-refractivity contribution is 1.10. The molecule has 0 atom stereocenters. The van der Waals surface area contributed by atoms with Crippen molar-refractivity contribution in [3.05, 3.63) is 44.7 Å². The van der Waals surface area contributed by atoms with Crippen LogP contribution in [-0.4, -0.2) is 4.98 Å². The molecule has 1 aromatic heterocycles. The molecule has 14 heavy (non-hydrogen) atoms. The maximum Gasteiger partial charge on any atom is 0.192 e. The van der Waals surface area contributed by atoms with Crippen LogP contribution in [0.25, 0.3) is 10.9 Å². The van der Waals surface area contributed by atoms with Gasteiger partial charge in [-0.05, 0) is 34.5 Å². The first-order valence-electron chi connectivity index (χ1n) is 4.53. The predicted octanol–water partition coefficient (Wildman–Crippen LogP) is 2.85. The van der Waals surface area contributed by atoms with Gasteiger partial charge < -0.3 is 4.98 Å². The SMILES string of the molecule is CCc1c[nH]c2c(Br)cccc2c1=O. The first kappa shape index (κ1) is 9.46. The maximum absolute atomic E-state index is 11.9.